The molecule has 0 aromatic rings. The van der Waals surface area contributed by atoms with Gasteiger partial charge < -0.3 is 10.5 Å². The summed E-state index contributed by atoms with van der Waals surface area (Å²) in [6.07, 6.45) is 6.24. The number of rotatable bonds is 8. The lowest BCUT2D eigenvalue weighted by Crippen LogP contribution is -2.61. The Morgan fingerprint density at radius 1 is 1.20 bits per heavy atom. The van der Waals surface area contributed by atoms with Gasteiger partial charge in [0.2, 0.25) is 0 Å². The molecule has 1 aliphatic rings. The zero-order chi connectivity index (χ0) is 15.2. The molecule has 0 aromatic carbocycles. The Balaban J connectivity index is 2.98. The zero-order valence-corrected chi connectivity index (χ0v) is 14.3. The predicted octanol–water partition coefficient (Wildman–Crippen LogP) is 3.28. The molecule has 3 nitrogen and oxygen atoms in total. The minimum atomic E-state index is 0.187. The van der Waals surface area contributed by atoms with Crippen LogP contribution in [0.2, 0.25) is 0 Å². The smallest absolute Gasteiger partial charge is 0.0590 e. The van der Waals surface area contributed by atoms with Crippen molar-refractivity contribution < 1.29 is 4.74 Å². The summed E-state index contributed by atoms with van der Waals surface area (Å²) < 4.78 is 5.36. The van der Waals surface area contributed by atoms with Gasteiger partial charge in [-0.25, -0.2) is 0 Å². The fraction of sp³-hybridized carbons (Fsp3) is 1.00. The zero-order valence-electron chi connectivity index (χ0n) is 14.3. The standard InChI is InChI=1S/C17H36N2O/c1-6-16(7-2)19(8-9-20-5)17(13-18)11-14(3)10-15(4)12-17/h14-16H,6-13,18H2,1-5H3. The molecule has 3 heteroatoms. The molecule has 0 aliphatic heterocycles. The van der Waals surface area contributed by atoms with Gasteiger partial charge in [-0.15, -0.1) is 0 Å². The summed E-state index contributed by atoms with van der Waals surface area (Å²) in [5.41, 5.74) is 6.49. The topological polar surface area (TPSA) is 38.5 Å². The van der Waals surface area contributed by atoms with E-state index in [9.17, 15) is 0 Å². The number of ether oxygens (including phenoxy) is 1. The fourth-order valence-electron chi connectivity index (χ4n) is 4.48. The van der Waals surface area contributed by atoms with Crippen molar-refractivity contribution >= 4 is 0 Å². The van der Waals surface area contributed by atoms with E-state index in [4.69, 9.17) is 10.5 Å². The summed E-state index contributed by atoms with van der Waals surface area (Å²) in [7, 11) is 1.80. The third-order valence-electron chi connectivity index (χ3n) is 5.17. The van der Waals surface area contributed by atoms with Gasteiger partial charge in [0.25, 0.3) is 0 Å². The van der Waals surface area contributed by atoms with Crippen molar-refractivity contribution in [2.24, 2.45) is 17.6 Å². The van der Waals surface area contributed by atoms with Crippen molar-refractivity contribution in [3.05, 3.63) is 0 Å². The molecule has 2 unspecified atom stereocenters. The Morgan fingerprint density at radius 3 is 2.15 bits per heavy atom. The van der Waals surface area contributed by atoms with Gasteiger partial charge in [0.05, 0.1) is 6.61 Å². The van der Waals surface area contributed by atoms with Gasteiger partial charge in [0.1, 0.15) is 0 Å². The van der Waals surface area contributed by atoms with Gasteiger partial charge in [-0.2, -0.15) is 0 Å². The first-order chi connectivity index (χ1) is 9.52. The Morgan fingerprint density at radius 2 is 1.75 bits per heavy atom. The highest BCUT2D eigenvalue weighted by Gasteiger charge is 2.43. The van der Waals surface area contributed by atoms with E-state index in [0.717, 1.165) is 31.5 Å². The summed E-state index contributed by atoms with van der Waals surface area (Å²) in [6, 6.07) is 0.631. The number of hydrogen-bond acceptors (Lipinski definition) is 3. The second-order valence-corrected chi connectivity index (χ2v) is 6.94. The van der Waals surface area contributed by atoms with Gasteiger partial charge in [-0.1, -0.05) is 27.7 Å². The highest BCUT2D eigenvalue weighted by Crippen LogP contribution is 2.40. The van der Waals surface area contributed by atoms with Crippen LogP contribution in [0.1, 0.15) is 59.8 Å². The van der Waals surface area contributed by atoms with Crippen LogP contribution >= 0.6 is 0 Å². The lowest BCUT2D eigenvalue weighted by molar-refractivity contribution is -0.0269. The van der Waals surface area contributed by atoms with E-state index < -0.39 is 0 Å². The molecule has 0 aromatic heterocycles. The van der Waals surface area contributed by atoms with Crippen LogP contribution < -0.4 is 5.73 Å². The van der Waals surface area contributed by atoms with E-state index in [1.165, 1.54) is 32.1 Å². The lowest BCUT2D eigenvalue weighted by Gasteiger charge is -2.52. The Hall–Kier alpha value is -0.120. The molecule has 1 fully saturated rings. The molecule has 1 aliphatic carbocycles. The number of methoxy groups -OCH3 is 1. The maximum Gasteiger partial charge on any atom is 0.0590 e. The molecule has 0 spiro atoms. The van der Waals surface area contributed by atoms with E-state index in [-0.39, 0.29) is 5.54 Å². The van der Waals surface area contributed by atoms with Gasteiger partial charge in [-0.05, 0) is 43.9 Å². The molecule has 0 amide bonds. The summed E-state index contributed by atoms with van der Waals surface area (Å²) in [5, 5.41) is 0. The van der Waals surface area contributed by atoms with E-state index in [1.54, 1.807) is 7.11 Å². The van der Waals surface area contributed by atoms with E-state index in [1.807, 2.05) is 0 Å². The van der Waals surface area contributed by atoms with Crippen molar-refractivity contribution in [1.82, 2.24) is 4.90 Å². The molecular formula is C17H36N2O. The minimum Gasteiger partial charge on any atom is -0.383 e. The van der Waals surface area contributed by atoms with Gasteiger partial charge in [0.15, 0.2) is 0 Å². The van der Waals surface area contributed by atoms with Crippen LogP contribution in [0.3, 0.4) is 0 Å². The van der Waals surface area contributed by atoms with E-state index in [0.29, 0.717) is 6.04 Å². The van der Waals surface area contributed by atoms with Gasteiger partial charge in [0, 0.05) is 31.8 Å². The first-order valence-corrected chi connectivity index (χ1v) is 8.48. The molecule has 120 valence electrons. The van der Waals surface area contributed by atoms with Crippen molar-refractivity contribution in [1.29, 1.82) is 0 Å². The maximum atomic E-state index is 6.30. The SMILES string of the molecule is CCC(CC)N(CCOC)C1(CN)CC(C)CC(C)C1. The molecule has 0 heterocycles. The van der Waals surface area contributed by atoms with Crippen molar-refractivity contribution in [2.75, 3.05) is 26.8 Å². The van der Waals surface area contributed by atoms with Gasteiger partial charge in [-0.3, -0.25) is 4.90 Å². The van der Waals surface area contributed by atoms with Crippen LogP contribution in [0.25, 0.3) is 0 Å². The van der Waals surface area contributed by atoms with Crippen LogP contribution in [-0.4, -0.2) is 43.3 Å². The molecule has 1 saturated carbocycles. The molecular weight excluding hydrogens is 248 g/mol. The van der Waals surface area contributed by atoms with Crippen molar-refractivity contribution in [2.45, 2.75) is 71.4 Å². The average molecular weight is 284 g/mol. The Bertz CT molecular complexity index is 256. The first kappa shape index (κ1) is 17.9. The highest BCUT2D eigenvalue weighted by atomic mass is 16.5. The number of nitrogens with two attached hydrogens (primary N) is 1. The molecule has 1 rings (SSSR count). The molecule has 2 atom stereocenters. The molecule has 0 bridgehead atoms. The molecule has 0 saturated heterocycles. The first-order valence-electron chi connectivity index (χ1n) is 8.48. The Labute approximate surface area is 126 Å². The molecule has 20 heavy (non-hydrogen) atoms. The molecule has 2 N–H and O–H groups in total. The van der Waals surface area contributed by atoms with Crippen molar-refractivity contribution in [3.63, 3.8) is 0 Å². The summed E-state index contributed by atoms with van der Waals surface area (Å²) >= 11 is 0. The average Bonchev–Trinajstić information content (AvgIpc) is 2.42. The molecule has 0 radical (unpaired) electrons. The quantitative estimate of drug-likeness (QED) is 0.743. The summed E-state index contributed by atoms with van der Waals surface area (Å²) in [4.78, 5) is 2.70. The third-order valence-corrected chi connectivity index (χ3v) is 5.17. The second-order valence-electron chi connectivity index (χ2n) is 6.94. The summed E-state index contributed by atoms with van der Waals surface area (Å²) in [6.45, 7) is 12.0. The van der Waals surface area contributed by atoms with Crippen LogP contribution in [0.4, 0.5) is 0 Å². The summed E-state index contributed by atoms with van der Waals surface area (Å²) in [5.74, 6) is 1.56. The van der Waals surface area contributed by atoms with Crippen LogP contribution in [0.15, 0.2) is 0 Å². The van der Waals surface area contributed by atoms with Crippen LogP contribution in [-0.2, 0) is 4.74 Å². The van der Waals surface area contributed by atoms with Crippen molar-refractivity contribution in [3.8, 4) is 0 Å². The predicted molar refractivity (Wildman–Crippen MR) is 86.9 cm³/mol. The van der Waals surface area contributed by atoms with Gasteiger partial charge >= 0.3 is 0 Å². The normalized spacial score (nSPS) is 31.2. The number of hydrogen-bond donors (Lipinski definition) is 1. The van der Waals surface area contributed by atoms with E-state index >= 15 is 0 Å². The minimum absolute atomic E-state index is 0.187. The number of nitrogens with zero attached hydrogens (tertiary/aromatic N) is 1. The largest absolute Gasteiger partial charge is 0.383 e. The Kier molecular flexibility index (Phi) is 7.49. The highest BCUT2D eigenvalue weighted by molar-refractivity contribution is 4.99. The maximum absolute atomic E-state index is 6.30. The lowest BCUT2D eigenvalue weighted by atomic mass is 9.70. The van der Waals surface area contributed by atoms with Crippen LogP contribution in [0.5, 0.6) is 0 Å². The second kappa shape index (κ2) is 8.35. The monoisotopic (exact) mass is 284 g/mol. The third kappa shape index (κ3) is 4.19. The van der Waals surface area contributed by atoms with Crippen LogP contribution in [0, 0.1) is 11.8 Å². The fourth-order valence-corrected chi connectivity index (χ4v) is 4.48. The van der Waals surface area contributed by atoms with E-state index in [2.05, 4.69) is 32.6 Å².